The molecule has 13 heteroatoms. The number of aliphatic hydroxyl groups excluding tert-OH is 1. The number of H-pyrrole nitrogens is 1. The molecule has 0 aromatic carbocycles. The van der Waals surface area contributed by atoms with Crippen LogP contribution >= 0.6 is 15.9 Å². The third-order valence-electron chi connectivity index (χ3n) is 5.79. The maximum absolute atomic E-state index is 12.5. The number of carbonyl (C=O) groups is 1. The number of carbonyl (C=O) groups excluding carboxylic acids is 1. The molecule has 1 fully saturated rings. The van der Waals surface area contributed by atoms with Crippen molar-refractivity contribution in [3.8, 4) is 0 Å². The smallest absolute Gasteiger partial charge is 0.362 e. The van der Waals surface area contributed by atoms with Crippen LogP contribution in [-0.2, 0) is 18.2 Å². The molecule has 5 heterocycles. The summed E-state index contributed by atoms with van der Waals surface area (Å²) in [5, 5.41) is 13.8. The number of aromatic amines is 1. The molecule has 0 aliphatic carbocycles. The molecule has 12 nitrogen and oxygen atoms in total. The zero-order valence-electron chi connectivity index (χ0n) is 19.3. The van der Waals surface area contributed by atoms with E-state index >= 15 is 0 Å². The Bertz CT molecular complexity index is 1530. The van der Waals surface area contributed by atoms with Crippen LogP contribution in [0.5, 0.6) is 0 Å². The Hall–Kier alpha value is -3.58. The Kier molecular flexibility index (Phi) is 5.89. The number of hydrogen-bond donors (Lipinski definition) is 3. The number of nitrogens with one attached hydrogen (secondary N) is 2. The van der Waals surface area contributed by atoms with Gasteiger partial charge in [-0.2, -0.15) is 9.97 Å². The quantitative estimate of drug-likeness (QED) is 0.308. The first kappa shape index (κ1) is 23.2. The number of fused-ring (bicyclic) bond motifs is 2. The van der Waals surface area contributed by atoms with E-state index in [1.165, 1.54) is 17.8 Å². The first-order chi connectivity index (χ1) is 16.8. The highest BCUT2D eigenvalue weighted by atomic mass is 79.9. The number of ether oxygens (including phenoxy) is 1. The van der Waals surface area contributed by atoms with Gasteiger partial charge in [0.25, 0.3) is 5.56 Å². The van der Waals surface area contributed by atoms with Crippen molar-refractivity contribution in [3.05, 3.63) is 38.5 Å². The van der Waals surface area contributed by atoms with Gasteiger partial charge in [0.2, 0.25) is 11.6 Å². The number of aryl methyl sites for hydroxylation is 2. The van der Waals surface area contributed by atoms with Gasteiger partial charge in [0.05, 0.1) is 34.5 Å². The monoisotopic (exact) mass is 542 g/mol. The molecule has 182 valence electrons. The van der Waals surface area contributed by atoms with Gasteiger partial charge >= 0.3 is 5.97 Å². The van der Waals surface area contributed by atoms with Crippen LogP contribution in [0.2, 0.25) is 0 Å². The van der Waals surface area contributed by atoms with Crippen LogP contribution in [-0.4, -0.2) is 66.4 Å². The van der Waals surface area contributed by atoms with Gasteiger partial charge in [-0.15, -0.1) is 0 Å². The molecule has 1 aliphatic rings. The van der Waals surface area contributed by atoms with E-state index in [1.54, 1.807) is 13.0 Å². The highest BCUT2D eigenvalue weighted by Gasteiger charge is 2.29. The summed E-state index contributed by atoms with van der Waals surface area (Å²) in [6.07, 6.45) is 1.93. The number of halogens is 1. The van der Waals surface area contributed by atoms with Crippen LogP contribution in [0.3, 0.4) is 0 Å². The molecular formula is C22H23BrN8O4. The Morgan fingerprint density at radius 1 is 1.31 bits per heavy atom. The van der Waals surface area contributed by atoms with E-state index in [0.717, 1.165) is 22.0 Å². The van der Waals surface area contributed by atoms with E-state index in [0.29, 0.717) is 47.4 Å². The van der Waals surface area contributed by atoms with E-state index in [4.69, 9.17) is 9.72 Å². The number of hydrogen-bond acceptors (Lipinski definition) is 10. The van der Waals surface area contributed by atoms with Crippen molar-refractivity contribution >= 4 is 61.6 Å². The molecule has 4 aromatic heterocycles. The summed E-state index contributed by atoms with van der Waals surface area (Å²) in [4.78, 5) is 47.9. The van der Waals surface area contributed by atoms with Gasteiger partial charge in [0.1, 0.15) is 17.0 Å². The summed E-state index contributed by atoms with van der Waals surface area (Å²) < 4.78 is 7.12. The molecule has 5 rings (SSSR count). The number of anilines is 3. The second-order valence-corrected chi connectivity index (χ2v) is 8.95. The lowest BCUT2D eigenvalue weighted by Gasteiger charge is -2.37. The van der Waals surface area contributed by atoms with Crippen molar-refractivity contribution in [2.45, 2.75) is 26.4 Å². The molecule has 0 radical (unpaired) electrons. The van der Waals surface area contributed by atoms with Crippen molar-refractivity contribution in [2.24, 2.45) is 7.05 Å². The minimum atomic E-state index is -0.785. The van der Waals surface area contributed by atoms with Crippen LogP contribution in [0.4, 0.5) is 17.5 Å². The molecule has 4 aromatic rings. The van der Waals surface area contributed by atoms with Crippen LogP contribution in [0.15, 0.2) is 21.5 Å². The molecule has 0 spiro atoms. The Morgan fingerprint density at radius 2 is 2.09 bits per heavy atom. The number of β-amino-alcohol motifs (C(OH)–C–C–N with tert-alkyl or cyclic N) is 1. The highest BCUT2D eigenvalue weighted by molar-refractivity contribution is 9.10. The Balaban J connectivity index is 1.56. The number of nitrogens with zero attached hydrogens (tertiary/aromatic N) is 6. The summed E-state index contributed by atoms with van der Waals surface area (Å²) in [6.45, 7) is 4.80. The highest BCUT2D eigenvalue weighted by Crippen LogP contribution is 2.36. The van der Waals surface area contributed by atoms with Gasteiger partial charge in [0, 0.05) is 25.8 Å². The van der Waals surface area contributed by atoms with E-state index in [1.807, 2.05) is 11.8 Å². The van der Waals surface area contributed by atoms with E-state index in [-0.39, 0.29) is 12.3 Å². The van der Waals surface area contributed by atoms with Gasteiger partial charge in [0.15, 0.2) is 5.65 Å². The molecule has 0 unspecified atom stereocenters. The minimum Gasteiger partial charge on any atom is -0.461 e. The van der Waals surface area contributed by atoms with Gasteiger partial charge in [-0.3, -0.25) is 9.36 Å². The van der Waals surface area contributed by atoms with Crippen LogP contribution in [0, 0.1) is 0 Å². The lowest BCUT2D eigenvalue weighted by Crippen LogP contribution is -2.51. The minimum absolute atomic E-state index is 0.131. The molecule has 1 aliphatic heterocycles. The summed E-state index contributed by atoms with van der Waals surface area (Å²) >= 11 is 3.66. The zero-order valence-corrected chi connectivity index (χ0v) is 20.9. The zero-order chi connectivity index (χ0) is 24.9. The number of rotatable bonds is 6. The number of pyridine rings is 1. The topological polar surface area (TPSA) is 151 Å². The lowest BCUT2D eigenvalue weighted by atomic mass is 10.1. The fourth-order valence-electron chi connectivity index (χ4n) is 3.99. The number of aromatic nitrogens is 6. The average molecular weight is 543 g/mol. The second kappa shape index (κ2) is 8.89. The molecular weight excluding hydrogens is 520 g/mol. The third-order valence-corrected chi connectivity index (χ3v) is 6.66. The lowest BCUT2D eigenvalue weighted by molar-refractivity contribution is 0.0517. The normalized spacial score (nSPS) is 13.9. The van der Waals surface area contributed by atoms with Gasteiger partial charge in [-0.25, -0.2) is 14.8 Å². The SMILES string of the molecule is CCOC(=O)c1nc2cc(Nc3nc(N4CC(O)C4)c4c(Br)c(CC)[nH]c4n3)cnc2n(C)c1=O. The molecule has 35 heavy (non-hydrogen) atoms. The maximum atomic E-state index is 12.5. The molecule has 1 saturated heterocycles. The molecule has 0 atom stereocenters. The maximum Gasteiger partial charge on any atom is 0.362 e. The first-order valence-corrected chi connectivity index (χ1v) is 11.9. The summed E-state index contributed by atoms with van der Waals surface area (Å²) in [5.74, 6) is 0.235. The summed E-state index contributed by atoms with van der Waals surface area (Å²) in [5.41, 5.74) is 1.95. The Morgan fingerprint density at radius 3 is 2.77 bits per heavy atom. The molecule has 0 amide bonds. The predicted molar refractivity (Wildman–Crippen MR) is 133 cm³/mol. The van der Waals surface area contributed by atoms with Crippen LogP contribution < -0.4 is 15.8 Å². The third kappa shape index (κ3) is 4.00. The standard InChI is InChI=1S/C22H23BrN8O4/c1-4-12-15(23)14-17(27-12)28-22(29-19(14)31-8-11(32)9-31)25-10-6-13-18(24-7-10)30(3)20(33)16(26-13)21(34)35-5-2/h6-7,11,32H,4-5,8-9H2,1-3H3,(H2,25,27,28,29). The largest absolute Gasteiger partial charge is 0.461 e. The second-order valence-electron chi connectivity index (χ2n) is 8.16. The van der Waals surface area contributed by atoms with Crippen LogP contribution in [0.25, 0.3) is 22.2 Å². The van der Waals surface area contributed by atoms with E-state index in [2.05, 4.69) is 41.2 Å². The van der Waals surface area contributed by atoms with E-state index < -0.39 is 17.6 Å². The average Bonchev–Trinajstić information content (AvgIpc) is 3.14. The van der Waals surface area contributed by atoms with Crippen molar-refractivity contribution in [1.29, 1.82) is 0 Å². The number of aliphatic hydroxyl groups is 1. The van der Waals surface area contributed by atoms with Crippen molar-refractivity contribution in [3.63, 3.8) is 0 Å². The molecule has 0 bridgehead atoms. The van der Waals surface area contributed by atoms with Gasteiger partial charge < -0.3 is 25.0 Å². The van der Waals surface area contributed by atoms with Crippen molar-refractivity contribution in [2.75, 3.05) is 29.9 Å². The summed E-state index contributed by atoms with van der Waals surface area (Å²) in [6, 6.07) is 1.66. The van der Waals surface area contributed by atoms with Crippen molar-refractivity contribution < 1.29 is 14.6 Å². The molecule has 3 N–H and O–H groups in total. The predicted octanol–water partition coefficient (Wildman–Crippen LogP) is 2.03. The fourth-order valence-corrected chi connectivity index (χ4v) is 4.73. The van der Waals surface area contributed by atoms with E-state index in [9.17, 15) is 14.7 Å². The molecule has 0 saturated carbocycles. The summed E-state index contributed by atoms with van der Waals surface area (Å²) in [7, 11) is 1.52. The first-order valence-electron chi connectivity index (χ1n) is 11.1. The number of esters is 1. The van der Waals surface area contributed by atoms with Crippen LogP contribution in [0.1, 0.15) is 30.0 Å². The fraction of sp³-hybridized carbons (Fsp3) is 0.364. The van der Waals surface area contributed by atoms with Gasteiger partial charge in [-0.05, 0) is 35.3 Å². The van der Waals surface area contributed by atoms with Gasteiger partial charge in [-0.1, -0.05) is 6.92 Å². The Labute approximate surface area is 207 Å². The van der Waals surface area contributed by atoms with Crippen molar-refractivity contribution in [1.82, 2.24) is 29.5 Å².